The average Bonchev–Trinajstić information content (AvgIpc) is 2.13. The molecule has 2 amide bonds. The Kier molecular flexibility index (Phi) is 5.81. The summed E-state index contributed by atoms with van der Waals surface area (Å²) in [4.78, 5) is 23.7. The molecule has 78 valence electrons. The Morgan fingerprint density at radius 2 is 2.21 bits per heavy atom. The van der Waals surface area contributed by atoms with Gasteiger partial charge in [0, 0.05) is 19.7 Å². The molecule has 0 aliphatic heterocycles. The van der Waals surface area contributed by atoms with Gasteiger partial charge >= 0.3 is 0 Å². The van der Waals surface area contributed by atoms with Gasteiger partial charge in [-0.3, -0.25) is 9.59 Å². The van der Waals surface area contributed by atoms with Gasteiger partial charge in [-0.2, -0.15) is 12.6 Å². The van der Waals surface area contributed by atoms with E-state index in [9.17, 15) is 9.59 Å². The zero-order valence-corrected chi connectivity index (χ0v) is 9.17. The predicted octanol–water partition coefficient (Wildman–Crippen LogP) is -0.488. The summed E-state index contributed by atoms with van der Waals surface area (Å²) in [5.74, 6) is 2.12. The first kappa shape index (κ1) is 12.8. The number of rotatable bonds is 4. The lowest BCUT2D eigenvalue weighted by molar-refractivity contribution is -0.133. The van der Waals surface area contributed by atoms with Crippen LogP contribution in [0.2, 0.25) is 0 Å². The second-order valence-electron chi connectivity index (χ2n) is 2.83. The van der Waals surface area contributed by atoms with Crippen molar-refractivity contribution in [2.75, 3.05) is 19.3 Å². The standard InChI is InChI=1S/C9H14N2O2S/c1-4-5-11(3)9(13)8(6-14)10-7(2)12/h1,8,14H,5-6H2,2-3H3,(H,10,12). The van der Waals surface area contributed by atoms with Crippen LogP contribution in [0.3, 0.4) is 0 Å². The number of hydrogen-bond donors (Lipinski definition) is 2. The van der Waals surface area contributed by atoms with E-state index in [0.29, 0.717) is 0 Å². The van der Waals surface area contributed by atoms with Crippen LogP contribution in [0, 0.1) is 12.3 Å². The summed E-state index contributed by atoms with van der Waals surface area (Å²) in [7, 11) is 1.58. The summed E-state index contributed by atoms with van der Waals surface area (Å²) in [6, 6.07) is -0.603. The van der Waals surface area contributed by atoms with E-state index < -0.39 is 6.04 Å². The van der Waals surface area contributed by atoms with Crippen LogP contribution in [0.1, 0.15) is 6.92 Å². The van der Waals surface area contributed by atoms with Gasteiger partial charge < -0.3 is 10.2 Å². The van der Waals surface area contributed by atoms with Gasteiger partial charge in [0.2, 0.25) is 11.8 Å². The highest BCUT2D eigenvalue weighted by Crippen LogP contribution is 1.95. The van der Waals surface area contributed by atoms with Crippen molar-refractivity contribution in [3.63, 3.8) is 0 Å². The Labute approximate surface area is 89.4 Å². The van der Waals surface area contributed by atoms with Gasteiger partial charge in [-0.05, 0) is 0 Å². The molecule has 0 fully saturated rings. The van der Waals surface area contributed by atoms with E-state index in [1.54, 1.807) is 7.05 Å². The zero-order chi connectivity index (χ0) is 11.1. The molecule has 0 spiro atoms. The molecule has 14 heavy (non-hydrogen) atoms. The molecule has 1 atom stereocenters. The molecule has 0 aromatic carbocycles. The molecule has 0 saturated carbocycles. The van der Waals surface area contributed by atoms with Crippen LogP contribution in [-0.4, -0.2) is 42.1 Å². The molecule has 0 bridgehead atoms. The molecule has 0 aliphatic rings. The molecule has 1 N–H and O–H groups in total. The number of amides is 2. The third-order valence-electron chi connectivity index (χ3n) is 1.56. The Morgan fingerprint density at radius 3 is 2.57 bits per heavy atom. The Bertz CT molecular complexity index is 260. The lowest BCUT2D eigenvalue weighted by Crippen LogP contribution is -2.47. The molecule has 0 radical (unpaired) electrons. The number of carbonyl (C=O) groups excluding carboxylic acids is 2. The van der Waals surface area contributed by atoms with E-state index in [0.717, 1.165) is 0 Å². The summed E-state index contributed by atoms with van der Waals surface area (Å²) in [5, 5.41) is 2.49. The zero-order valence-electron chi connectivity index (χ0n) is 8.28. The summed E-state index contributed by atoms with van der Waals surface area (Å²) < 4.78 is 0. The fourth-order valence-electron chi connectivity index (χ4n) is 0.912. The van der Waals surface area contributed by atoms with Gasteiger partial charge in [0.1, 0.15) is 6.04 Å². The number of nitrogens with one attached hydrogen (secondary N) is 1. The lowest BCUT2D eigenvalue weighted by atomic mass is 10.3. The molecule has 4 nitrogen and oxygen atoms in total. The van der Waals surface area contributed by atoms with Crippen LogP contribution in [0.15, 0.2) is 0 Å². The highest BCUT2D eigenvalue weighted by Gasteiger charge is 2.20. The van der Waals surface area contributed by atoms with Crippen LogP contribution in [0.25, 0.3) is 0 Å². The van der Waals surface area contributed by atoms with E-state index >= 15 is 0 Å². The first-order valence-corrected chi connectivity index (χ1v) is 4.72. The molecule has 5 heteroatoms. The van der Waals surface area contributed by atoms with E-state index in [1.165, 1.54) is 11.8 Å². The molecule has 0 aliphatic carbocycles. The number of hydrogen-bond acceptors (Lipinski definition) is 3. The van der Waals surface area contributed by atoms with Crippen molar-refractivity contribution in [1.29, 1.82) is 0 Å². The quantitative estimate of drug-likeness (QED) is 0.490. The average molecular weight is 214 g/mol. The first-order valence-electron chi connectivity index (χ1n) is 4.09. The lowest BCUT2D eigenvalue weighted by Gasteiger charge is -2.21. The van der Waals surface area contributed by atoms with Gasteiger partial charge in [0.05, 0.1) is 6.54 Å². The number of likely N-dealkylation sites (N-methyl/N-ethyl adjacent to an activating group) is 1. The van der Waals surface area contributed by atoms with Crippen molar-refractivity contribution in [2.45, 2.75) is 13.0 Å². The third kappa shape index (κ3) is 4.19. The van der Waals surface area contributed by atoms with Crippen LogP contribution >= 0.6 is 12.6 Å². The predicted molar refractivity (Wildman–Crippen MR) is 57.9 cm³/mol. The molecule has 0 aromatic heterocycles. The third-order valence-corrected chi connectivity index (χ3v) is 1.93. The molecule has 0 heterocycles. The molecular weight excluding hydrogens is 200 g/mol. The smallest absolute Gasteiger partial charge is 0.246 e. The van der Waals surface area contributed by atoms with Crippen molar-refractivity contribution in [1.82, 2.24) is 10.2 Å². The normalized spacial score (nSPS) is 11.3. The number of thiol groups is 1. The summed E-state index contributed by atoms with van der Waals surface area (Å²) >= 11 is 3.98. The Hall–Kier alpha value is -1.15. The SMILES string of the molecule is C#CCN(C)C(=O)C(CS)NC(C)=O. The summed E-state index contributed by atoms with van der Waals surface area (Å²) in [6.07, 6.45) is 5.06. The largest absolute Gasteiger partial charge is 0.344 e. The summed E-state index contributed by atoms with van der Waals surface area (Å²) in [5.41, 5.74) is 0. The van der Waals surface area contributed by atoms with Crippen LogP contribution < -0.4 is 5.32 Å². The van der Waals surface area contributed by atoms with Gasteiger partial charge in [-0.1, -0.05) is 5.92 Å². The highest BCUT2D eigenvalue weighted by molar-refractivity contribution is 7.80. The fourth-order valence-corrected chi connectivity index (χ4v) is 1.16. The topological polar surface area (TPSA) is 49.4 Å². The molecule has 1 unspecified atom stereocenters. The molecular formula is C9H14N2O2S. The van der Waals surface area contributed by atoms with Crippen molar-refractivity contribution in [3.05, 3.63) is 0 Å². The molecule has 0 aromatic rings. The van der Waals surface area contributed by atoms with E-state index in [2.05, 4.69) is 23.9 Å². The van der Waals surface area contributed by atoms with E-state index in [-0.39, 0.29) is 24.1 Å². The monoisotopic (exact) mass is 214 g/mol. The number of nitrogens with zero attached hydrogens (tertiary/aromatic N) is 1. The maximum Gasteiger partial charge on any atom is 0.246 e. The van der Waals surface area contributed by atoms with Gasteiger partial charge in [-0.25, -0.2) is 0 Å². The van der Waals surface area contributed by atoms with Crippen LogP contribution in [0.4, 0.5) is 0 Å². The Balaban J connectivity index is 4.31. The van der Waals surface area contributed by atoms with Gasteiger partial charge in [0.25, 0.3) is 0 Å². The molecule has 0 rings (SSSR count). The maximum absolute atomic E-state index is 11.6. The second kappa shape index (κ2) is 6.33. The minimum absolute atomic E-state index is 0.225. The molecule has 0 saturated heterocycles. The van der Waals surface area contributed by atoms with E-state index in [4.69, 9.17) is 6.42 Å². The van der Waals surface area contributed by atoms with Gasteiger partial charge in [-0.15, -0.1) is 6.42 Å². The van der Waals surface area contributed by atoms with Crippen molar-refractivity contribution < 1.29 is 9.59 Å². The highest BCUT2D eigenvalue weighted by atomic mass is 32.1. The number of terminal acetylenes is 1. The number of carbonyl (C=O) groups is 2. The minimum atomic E-state index is -0.603. The van der Waals surface area contributed by atoms with Crippen LogP contribution in [-0.2, 0) is 9.59 Å². The van der Waals surface area contributed by atoms with Gasteiger partial charge in [0.15, 0.2) is 0 Å². The first-order chi connectivity index (χ1) is 6.52. The van der Waals surface area contributed by atoms with E-state index in [1.807, 2.05) is 0 Å². The van der Waals surface area contributed by atoms with Crippen LogP contribution in [0.5, 0.6) is 0 Å². The van der Waals surface area contributed by atoms with Crippen molar-refractivity contribution >= 4 is 24.4 Å². The maximum atomic E-state index is 11.6. The second-order valence-corrected chi connectivity index (χ2v) is 3.20. The summed E-state index contributed by atoms with van der Waals surface area (Å²) in [6.45, 7) is 1.58. The minimum Gasteiger partial charge on any atom is -0.344 e. The Morgan fingerprint density at radius 1 is 1.64 bits per heavy atom. The van der Waals surface area contributed by atoms with Crippen molar-refractivity contribution in [3.8, 4) is 12.3 Å². The van der Waals surface area contributed by atoms with Crippen molar-refractivity contribution in [2.24, 2.45) is 0 Å². The fraction of sp³-hybridized carbons (Fsp3) is 0.556.